The van der Waals surface area contributed by atoms with Crippen LogP contribution in [0.2, 0.25) is 0 Å². The Kier molecular flexibility index (Phi) is 9.50. The van der Waals surface area contributed by atoms with Gasteiger partial charge in [0.2, 0.25) is 0 Å². The Bertz CT molecular complexity index is 110. The van der Waals surface area contributed by atoms with E-state index in [1.807, 2.05) is 0 Å². The van der Waals surface area contributed by atoms with Crippen molar-refractivity contribution in [3.05, 3.63) is 0 Å². The van der Waals surface area contributed by atoms with E-state index in [4.69, 9.17) is 0 Å². The summed E-state index contributed by atoms with van der Waals surface area (Å²) in [5.41, 5.74) is 0. The molecule has 10 heavy (non-hydrogen) atoms. The van der Waals surface area contributed by atoms with E-state index in [1.54, 1.807) is 0 Å². The van der Waals surface area contributed by atoms with E-state index in [-0.39, 0.29) is 0 Å². The molecule has 0 atom stereocenters. The van der Waals surface area contributed by atoms with Crippen molar-refractivity contribution in [1.82, 2.24) is 0 Å². The Morgan fingerprint density at radius 2 is 2.10 bits per heavy atom. The van der Waals surface area contributed by atoms with Crippen molar-refractivity contribution < 1.29 is 0 Å². The first kappa shape index (κ1) is 10.3. The third-order valence-corrected chi connectivity index (χ3v) is 1.78. The lowest BCUT2D eigenvalue weighted by Gasteiger charge is -1.91. The van der Waals surface area contributed by atoms with Gasteiger partial charge in [0.15, 0.2) is 0 Å². The molecule has 0 unspecified atom stereocenters. The molecule has 0 bridgehead atoms. The average Bonchev–Trinajstić information content (AvgIpc) is 1.97. The minimum Gasteiger partial charge on any atom is -0.0976 e. The highest BCUT2D eigenvalue weighted by atomic mass is 33.1. The first-order valence-corrected chi connectivity index (χ1v) is 5.57. The normalized spacial score (nSPS) is 8.60. The SMILES string of the molecule is CCCCCCC#CSS. The number of unbranched alkanes of at least 4 members (excludes halogenated alkanes) is 4. The average molecular weight is 174 g/mol. The second kappa shape index (κ2) is 9.26. The van der Waals surface area contributed by atoms with E-state index in [1.165, 1.54) is 36.5 Å². The Balaban J connectivity index is 2.90. The first-order valence-electron chi connectivity index (χ1n) is 3.70. The first-order chi connectivity index (χ1) is 4.91. The molecular formula is C8H14S2. The van der Waals surface area contributed by atoms with Crippen LogP contribution < -0.4 is 0 Å². The summed E-state index contributed by atoms with van der Waals surface area (Å²) in [4.78, 5) is 0. The summed E-state index contributed by atoms with van der Waals surface area (Å²) in [5, 5.41) is 2.86. The predicted octanol–water partition coefficient (Wildman–Crippen LogP) is 3.50. The van der Waals surface area contributed by atoms with E-state index in [0.29, 0.717) is 0 Å². The van der Waals surface area contributed by atoms with Gasteiger partial charge < -0.3 is 0 Å². The van der Waals surface area contributed by atoms with Gasteiger partial charge in [0.1, 0.15) is 0 Å². The van der Waals surface area contributed by atoms with Crippen LogP contribution in [0.3, 0.4) is 0 Å². The lowest BCUT2D eigenvalue weighted by Crippen LogP contribution is -1.72. The van der Waals surface area contributed by atoms with Crippen molar-refractivity contribution in [3.8, 4) is 11.2 Å². The molecule has 0 nitrogen and oxygen atoms in total. The van der Waals surface area contributed by atoms with Gasteiger partial charge in [-0.25, -0.2) is 0 Å². The molecule has 0 aliphatic rings. The Morgan fingerprint density at radius 3 is 2.70 bits per heavy atom. The van der Waals surface area contributed by atoms with Crippen molar-refractivity contribution in [2.75, 3.05) is 0 Å². The molecule has 0 spiro atoms. The zero-order valence-corrected chi connectivity index (χ0v) is 8.10. The maximum atomic E-state index is 3.91. The standard InChI is InChI=1S/C8H14S2/c1-2-3-4-5-6-7-8-10-9/h9H,2-6H2,1H3. The zero-order chi connectivity index (χ0) is 7.66. The molecule has 0 heterocycles. The molecule has 0 amide bonds. The molecule has 0 rings (SSSR count). The number of hydrogen-bond acceptors (Lipinski definition) is 2. The van der Waals surface area contributed by atoms with Crippen LogP contribution in [0.4, 0.5) is 0 Å². The molecule has 0 aromatic carbocycles. The van der Waals surface area contributed by atoms with Crippen molar-refractivity contribution in [1.29, 1.82) is 0 Å². The quantitative estimate of drug-likeness (QED) is 0.294. The summed E-state index contributed by atoms with van der Waals surface area (Å²) in [6, 6.07) is 0. The summed E-state index contributed by atoms with van der Waals surface area (Å²) in [6.45, 7) is 2.22. The highest BCUT2D eigenvalue weighted by Gasteiger charge is 1.82. The third kappa shape index (κ3) is 8.26. The molecule has 0 aromatic heterocycles. The largest absolute Gasteiger partial charge is 0.0976 e. The van der Waals surface area contributed by atoms with Gasteiger partial charge in [0.25, 0.3) is 0 Å². The summed E-state index contributed by atoms with van der Waals surface area (Å²) >= 11 is 3.91. The molecule has 0 aromatic rings. The second-order valence-electron chi connectivity index (χ2n) is 2.18. The van der Waals surface area contributed by atoms with Gasteiger partial charge in [-0.15, -0.1) is 0 Å². The highest BCUT2D eigenvalue weighted by Crippen LogP contribution is 2.03. The Hall–Kier alpha value is 0.260. The summed E-state index contributed by atoms with van der Waals surface area (Å²) < 4.78 is 0. The maximum absolute atomic E-state index is 3.91. The zero-order valence-electron chi connectivity index (χ0n) is 6.39. The monoisotopic (exact) mass is 174 g/mol. The van der Waals surface area contributed by atoms with Gasteiger partial charge in [0.05, 0.1) is 0 Å². The number of thiol groups is 1. The fourth-order valence-electron chi connectivity index (χ4n) is 0.723. The molecule has 0 fully saturated rings. The van der Waals surface area contributed by atoms with E-state index in [0.717, 1.165) is 6.42 Å². The lowest BCUT2D eigenvalue weighted by atomic mass is 10.2. The summed E-state index contributed by atoms with van der Waals surface area (Å²) in [6.07, 6.45) is 6.25. The molecule has 0 saturated heterocycles. The lowest BCUT2D eigenvalue weighted by molar-refractivity contribution is 0.680. The summed E-state index contributed by atoms with van der Waals surface area (Å²) in [5.74, 6) is 3.03. The highest BCUT2D eigenvalue weighted by molar-refractivity contribution is 8.70. The minimum atomic E-state index is 1.04. The fourth-order valence-corrected chi connectivity index (χ4v) is 1.08. The van der Waals surface area contributed by atoms with Crippen molar-refractivity contribution in [2.24, 2.45) is 0 Å². The van der Waals surface area contributed by atoms with Crippen LogP contribution in [0.15, 0.2) is 0 Å². The van der Waals surface area contributed by atoms with Crippen molar-refractivity contribution in [3.63, 3.8) is 0 Å². The van der Waals surface area contributed by atoms with Crippen LogP contribution in [0, 0.1) is 11.2 Å². The van der Waals surface area contributed by atoms with Gasteiger partial charge in [-0.1, -0.05) is 43.8 Å². The van der Waals surface area contributed by atoms with E-state index in [9.17, 15) is 0 Å². The van der Waals surface area contributed by atoms with Gasteiger partial charge in [-0.2, -0.15) is 0 Å². The smallest absolute Gasteiger partial charge is 0.00979 e. The van der Waals surface area contributed by atoms with Crippen LogP contribution in [0.25, 0.3) is 0 Å². The molecule has 2 heteroatoms. The van der Waals surface area contributed by atoms with E-state index >= 15 is 0 Å². The molecular weight excluding hydrogens is 160 g/mol. The molecule has 58 valence electrons. The van der Waals surface area contributed by atoms with E-state index in [2.05, 4.69) is 29.8 Å². The van der Waals surface area contributed by atoms with Gasteiger partial charge in [-0.05, 0) is 22.5 Å². The fraction of sp³-hybridized carbons (Fsp3) is 0.750. The van der Waals surface area contributed by atoms with Crippen LogP contribution >= 0.6 is 22.5 Å². The number of hydrogen-bond donors (Lipinski definition) is 1. The second-order valence-corrected chi connectivity index (χ2v) is 3.12. The van der Waals surface area contributed by atoms with Gasteiger partial charge >= 0.3 is 0 Å². The van der Waals surface area contributed by atoms with Crippen LogP contribution in [-0.2, 0) is 0 Å². The van der Waals surface area contributed by atoms with Crippen molar-refractivity contribution >= 4 is 22.5 Å². The summed E-state index contributed by atoms with van der Waals surface area (Å²) in [7, 11) is 1.30. The van der Waals surface area contributed by atoms with Crippen molar-refractivity contribution in [2.45, 2.75) is 39.0 Å². The maximum Gasteiger partial charge on any atom is 0.00979 e. The minimum absolute atomic E-state index is 1.04. The van der Waals surface area contributed by atoms with Crippen LogP contribution in [-0.4, -0.2) is 0 Å². The topological polar surface area (TPSA) is 0 Å². The molecule has 0 N–H and O–H groups in total. The van der Waals surface area contributed by atoms with Gasteiger partial charge in [0, 0.05) is 6.42 Å². The number of rotatable bonds is 4. The van der Waals surface area contributed by atoms with Gasteiger partial charge in [-0.3, -0.25) is 0 Å². The van der Waals surface area contributed by atoms with E-state index < -0.39 is 0 Å². The Labute approximate surface area is 73.0 Å². The molecule has 0 saturated carbocycles. The van der Waals surface area contributed by atoms with Crippen LogP contribution in [0.5, 0.6) is 0 Å². The van der Waals surface area contributed by atoms with Crippen LogP contribution in [0.1, 0.15) is 39.0 Å². The molecule has 0 aliphatic carbocycles. The predicted molar refractivity (Wildman–Crippen MR) is 53.1 cm³/mol. The molecule has 0 radical (unpaired) electrons. The molecule has 0 aliphatic heterocycles. The Morgan fingerprint density at radius 1 is 1.30 bits per heavy atom. The third-order valence-electron chi connectivity index (χ3n) is 1.27.